The van der Waals surface area contributed by atoms with Gasteiger partial charge >= 0.3 is 12.1 Å². The van der Waals surface area contributed by atoms with E-state index in [4.69, 9.17) is 14.2 Å². The molecule has 0 radical (unpaired) electrons. The zero-order valence-corrected chi connectivity index (χ0v) is 22.7. The molecular formula is C24H40N6O8. The summed E-state index contributed by atoms with van der Waals surface area (Å²) in [5.41, 5.74) is -0.484. The van der Waals surface area contributed by atoms with Crippen molar-refractivity contribution >= 4 is 36.5 Å². The lowest BCUT2D eigenvalue weighted by molar-refractivity contribution is -0.144. The molecular weight excluding hydrogens is 500 g/mol. The Hall–Kier alpha value is -3.36. The maximum Gasteiger partial charge on any atom is 0.407 e. The monoisotopic (exact) mass is 540 g/mol. The normalized spacial score (nSPS) is 20.0. The highest BCUT2D eigenvalue weighted by Crippen LogP contribution is 2.21. The summed E-state index contributed by atoms with van der Waals surface area (Å²) in [5, 5.41) is 24.2. The van der Waals surface area contributed by atoms with Gasteiger partial charge in [-0.1, -0.05) is 6.58 Å². The summed E-state index contributed by atoms with van der Waals surface area (Å²) in [7, 11) is 3.18. The van der Waals surface area contributed by atoms with Crippen molar-refractivity contribution in [3.05, 3.63) is 12.3 Å². The number of carbonyl (C=O) groups excluding carboxylic acids is 3. The number of aliphatic hydroxyl groups excluding tert-OH is 2. The van der Waals surface area contributed by atoms with Crippen LogP contribution in [0.4, 0.5) is 4.79 Å². The van der Waals surface area contributed by atoms with Gasteiger partial charge in [0.25, 0.3) is 0 Å². The predicted octanol–water partition coefficient (Wildman–Crippen LogP) is 0.339. The van der Waals surface area contributed by atoms with Crippen molar-refractivity contribution < 1.29 is 38.8 Å². The molecule has 0 spiro atoms. The molecule has 0 saturated carbocycles. The topological polar surface area (TPSA) is 184 Å². The van der Waals surface area contributed by atoms with Crippen LogP contribution in [0.25, 0.3) is 0 Å². The summed E-state index contributed by atoms with van der Waals surface area (Å²) in [5.74, 6) is -1.04. The Bertz CT molecular complexity index is 899. The molecule has 14 nitrogen and oxygen atoms in total. The molecule has 0 aliphatic carbocycles. The largest absolute Gasteiger partial charge is 0.466 e. The van der Waals surface area contributed by atoms with Gasteiger partial charge < -0.3 is 40.0 Å². The molecule has 38 heavy (non-hydrogen) atoms. The molecule has 214 valence electrons. The summed E-state index contributed by atoms with van der Waals surface area (Å²) in [4.78, 5) is 49.4. The van der Waals surface area contributed by atoms with Gasteiger partial charge in [0.05, 0.1) is 32.1 Å². The van der Waals surface area contributed by atoms with Crippen LogP contribution in [0.2, 0.25) is 0 Å². The van der Waals surface area contributed by atoms with E-state index in [1.54, 1.807) is 32.7 Å². The molecule has 3 atom stereocenters. The molecule has 0 aromatic rings. The van der Waals surface area contributed by atoms with Crippen molar-refractivity contribution in [1.29, 1.82) is 0 Å². The van der Waals surface area contributed by atoms with Crippen molar-refractivity contribution in [2.45, 2.75) is 70.5 Å². The van der Waals surface area contributed by atoms with Crippen molar-refractivity contribution in [3.63, 3.8) is 0 Å². The first-order chi connectivity index (χ1) is 17.9. The maximum absolute atomic E-state index is 12.4. The fourth-order valence-electron chi connectivity index (χ4n) is 2.97. The van der Waals surface area contributed by atoms with E-state index < -0.39 is 42.0 Å². The van der Waals surface area contributed by atoms with Crippen molar-refractivity contribution in [1.82, 2.24) is 15.5 Å². The number of ether oxygens (including phenoxy) is 3. The van der Waals surface area contributed by atoms with Crippen molar-refractivity contribution in [2.24, 2.45) is 15.0 Å². The van der Waals surface area contributed by atoms with Gasteiger partial charge in [0.1, 0.15) is 30.0 Å². The quantitative estimate of drug-likeness (QED) is 0.111. The van der Waals surface area contributed by atoms with Crippen LogP contribution in [0.15, 0.2) is 27.3 Å². The van der Waals surface area contributed by atoms with Gasteiger partial charge in [-0.3, -0.25) is 14.6 Å². The highest BCUT2D eigenvalue weighted by Gasteiger charge is 2.35. The molecule has 0 aromatic carbocycles. The van der Waals surface area contributed by atoms with Crippen LogP contribution >= 0.6 is 0 Å². The number of nitrogens with zero attached hydrogens (tertiary/aromatic N) is 4. The third kappa shape index (κ3) is 13.3. The second-order valence-corrected chi connectivity index (χ2v) is 9.37. The number of hydrogen-bond acceptors (Lipinski definition) is 10. The summed E-state index contributed by atoms with van der Waals surface area (Å²) in [6.45, 7) is 9.12. The summed E-state index contributed by atoms with van der Waals surface area (Å²) >= 11 is 0. The number of rotatable bonds is 13. The lowest BCUT2D eigenvalue weighted by Gasteiger charge is -2.21. The van der Waals surface area contributed by atoms with Gasteiger partial charge in [0, 0.05) is 33.5 Å². The summed E-state index contributed by atoms with van der Waals surface area (Å²) in [6.07, 6.45) is 0.463. The number of esters is 1. The first-order valence-electron chi connectivity index (χ1n) is 12.2. The number of amidine groups is 1. The Morgan fingerprint density at radius 2 is 1.97 bits per heavy atom. The molecule has 4 N–H and O–H groups in total. The Morgan fingerprint density at radius 3 is 2.58 bits per heavy atom. The van der Waals surface area contributed by atoms with E-state index in [0.29, 0.717) is 6.42 Å². The third-order valence-electron chi connectivity index (χ3n) is 4.88. The summed E-state index contributed by atoms with van der Waals surface area (Å²) in [6, 6.07) is 0. The zero-order valence-electron chi connectivity index (χ0n) is 22.7. The smallest absolute Gasteiger partial charge is 0.407 e. The first-order valence-corrected chi connectivity index (χ1v) is 12.2. The Labute approximate surface area is 222 Å². The second kappa shape index (κ2) is 16.5. The van der Waals surface area contributed by atoms with E-state index in [2.05, 4.69) is 32.2 Å². The minimum Gasteiger partial charge on any atom is -0.466 e. The van der Waals surface area contributed by atoms with E-state index in [9.17, 15) is 24.6 Å². The Kier molecular flexibility index (Phi) is 14.2. The van der Waals surface area contributed by atoms with E-state index in [1.165, 1.54) is 19.7 Å². The van der Waals surface area contributed by atoms with Crippen LogP contribution in [0.5, 0.6) is 0 Å². The highest BCUT2D eigenvalue weighted by atomic mass is 16.6. The molecule has 1 heterocycles. The van der Waals surface area contributed by atoms with E-state index in [0.717, 1.165) is 0 Å². The van der Waals surface area contributed by atoms with Crippen LogP contribution < -0.4 is 10.6 Å². The summed E-state index contributed by atoms with van der Waals surface area (Å²) < 4.78 is 15.7. The van der Waals surface area contributed by atoms with Crippen molar-refractivity contribution in [3.8, 4) is 0 Å². The molecule has 1 rings (SSSR count). The number of hydrogen-bond donors (Lipinski definition) is 4. The SMILES string of the molecule is C=C(N=CN(C)[C@H]1CC(O)[C@@H](CO)O1)C(=NC=NC)NC(=O)CCC(=O)OCCCNC(=O)OC(C)(C)C. The molecule has 14 heteroatoms. The standard InChI is InChI=1S/C24H40N6O8/c1-16(28-15-30(6)20-12-17(32)18(13-31)37-20)22(27-14-25-5)29-19(33)8-9-21(34)36-11-7-10-26-23(35)38-24(2,3)4/h14-15,17-18,20,31-32H,1,7-13H2,2-6H3,(H,26,35)(H,25,27,29,33)/t17?,18-,20-/m1/s1. The number of aliphatic imine (C=N–C) groups is 3. The average molecular weight is 541 g/mol. The molecule has 1 saturated heterocycles. The van der Waals surface area contributed by atoms with Crippen LogP contribution in [-0.2, 0) is 23.8 Å². The van der Waals surface area contributed by atoms with Gasteiger partial charge in [0.2, 0.25) is 5.91 Å². The highest BCUT2D eigenvalue weighted by molar-refractivity contribution is 6.10. The number of alkyl carbamates (subject to hydrolysis) is 1. The van der Waals surface area contributed by atoms with Gasteiger partial charge in [-0.2, -0.15) is 0 Å². The number of amides is 2. The fraction of sp³-hybridized carbons (Fsp3) is 0.667. The minimum absolute atomic E-state index is 0.0347. The fourth-order valence-corrected chi connectivity index (χ4v) is 2.97. The van der Waals surface area contributed by atoms with E-state index >= 15 is 0 Å². The lowest BCUT2D eigenvalue weighted by atomic mass is 10.2. The third-order valence-corrected chi connectivity index (χ3v) is 4.88. The van der Waals surface area contributed by atoms with E-state index in [-0.39, 0.29) is 50.6 Å². The Morgan fingerprint density at radius 1 is 1.26 bits per heavy atom. The molecule has 1 fully saturated rings. The van der Waals surface area contributed by atoms with Crippen LogP contribution in [0, 0.1) is 0 Å². The zero-order chi connectivity index (χ0) is 28.7. The van der Waals surface area contributed by atoms with Gasteiger partial charge in [-0.25, -0.2) is 14.8 Å². The van der Waals surface area contributed by atoms with E-state index in [1.807, 2.05) is 0 Å². The molecule has 0 aromatic heterocycles. The predicted molar refractivity (Wildman–Crippen MR) is 141 cm³/mol. The number of carbonyl (C=O) groups is 3. The van der Waals surface area contributed by atoms with Gasteiger partial charge in [-0.05, 0) is 27.2 Å². The molecule has 2 amide bonds. The van der Waals surface area contributed by atoms with Crippen molar-refractivity contribution in [2.75, 3.05) is 33.9 Å². The first kappa shape index (κ1) is 32.7. The number of aliphatic hydroxyl groups is 2. The molecule has 1 unspecified atom stereocenters. The van der Waals surface area contributed by atoms with Crippen LogP contribution in [-0.4, -0.2) is 109 Å². The average Bonchev–Trinajstić information content (AvgIpc) is 3.22. The number of nitrogens with one attached hydrogen (secondary N) is 2. The lowest BCUT2D eigenvalue weighted by Crippen LogP contribution is -2.33. The van der Waals surface area contributed by atoms with Gasteiger partial charge in [0.15, 0.2) is 5.84 Å². The van der Waals surface area contributed by atoms with Crippen LogP contribution in [0.3, 0.4) is 0 Å². The maximum atomic E-state index is 12.4. The second-order valence-electron chi connectivity index (χ2n) is 9.37. The van der Waals surface area contributed by atoms with Crippen LogP contribution in [0.1, 0.15) is 46.5 Å². The van der Waals surface area contributed by atoms with Gasteiger partial charge in [-0.15, -0.1) is 0 Å². The molecule has 1 aliphatic rings. The molecule has 0 bridgehead atoms. The minimum atomic E-state index is -0.790. The molecule has 1 aliphatic heterocycles. The Balaban J connectivity index is 2.45.